The smallest absolute Gasteiger partial charge is 0.337 e. The van der Waals surface area contributed by atoms with Gasteiger partial charge in [-0.1, -0.05) is 60.0 Å². The van der Waals surface area contributed by atoms with Crippen molar-refractivity contribution in [2.75, 3.05) is 0 Å². The van der Waals surface area contributed by atoms with Crippen LogP contribution in [-0.2, 0) is 14.3 Å². The number of carbonyl (C=O) groups excluding carboxylic acids is 2. The first kappa shape index (κ1) is 24.1. The van der Waals surface area contributed by atoms with Crippen molar-refractivity contribution in [1.82, 2.24) is 5.32 Å². The first-order valence-electron chi connectivity index (χ1n) is 12.4. The van der Waals surface area contributed by atoms with Gasteiger partial charge in [-0.05, 0) is 74.3 Å². The lowest BCUT2D eigenvalue weighted by atomic mass is 9.71. The largest absolute Gasteiger partial charge is 0.459 e. The van der Waals surface area contributed by atoms with Gasteiger partial charge in [0.05, 0.1) is 5.57 Å². The zero-order valence-corrected chi connectivity index (χ0v) is 21.3. The maximum Gasteiger partial charge on any atom is 0.337 e. The van der Waals surface area contributed by atoms with Crippen molar-refractivity contribution in [2.45, 2.75) is 69.8 Å². The highest BCUT2D eigenvalue weighted by atomic mass is 35.5. The van der Waals surface area contributed by atoms with Crippen molar-refractivity contribution in [2.24, 2.45) is 0 Å². The zero-order chi connectivity index (χ0) is 24.5. The van der Waals surface area contributed by atoms with Crippen molar-refractivity contribution in [3.05, 3.63) is 92.2 Å². The van der Waals surface area contributed by atoms with Crippen molar-refractivity contribution in [3.63, 3.8) is 0 Å². The Kier molecular flexibility index (Phi) is 7.04. The molecule has 0 radical (unpaired) electrons. The van der Waals surface area contributed by atoms with Crippen molar-refractivity contribution in [1.29, 1.82) is 0 Å². The number of rotatable bonds is 4. The SMILES string of the molecule is CC1=C(C(=O)OC2CCCCC2)[C@@H](c2ccccc2Cl)C2=C(C[C@@H](c3ccc(Cl)cc3)CC2=O)N1. The molecule has 0 amide bonds. The molecule has 35 heavy (non-hydrogen) atoms. The fourth-order valence-corrected chi connectivity index (χ4v) is 6.07. The molecule has 4 nitrogen and oxygen atoms in total. The summed E-state index contributed by atoms with van der Waals surface area (Å²) in [5, 5.41) is 4.62. The number of hydrogen-bond acceptors (Lipinski definition) is 4. The Hall–Kier alpha value is -2.56. The molecule has 2 aliphatic carbocycles. The molecule has 1 heterocycles. The maximum atomic E-state index is 13.7. The van der Waals surface area contributed by atoms with Gasteiger partial charge in [0.2, 0.25) is 0 Å². The minimum Gasteiger partial charge on any atom is -0.459 e. The second-order valence-electron chi connectivity index (χ2n) is 9.76. The molecule has 2 aromatic rings. The van der Waals surface area contributed by atoms with Crippen LogP contribution >= 0.6 is 23.2 Å². The summed E-state index contributed by atoms with van der Waals surface area (Å²) in [6.07, 6.45) is 6.06. The van der Waals surface area contributed by atoms with Crippen LogP contribution in [0, 0.1) is 0 Å². The topological polar surface area (TPSA) is 55.4 Å². The van der Waals surface area contributed by atoms with E-state index < -0.39 is 5.92 Å². The van der Waals surface area contributed by atoms with Crippen LogP contribution in [0.25, 0.3) is 0 Å². The summed E-state index contributed by atoms with van der Waals surface area (Å²) in [5.74, 6) is -0.832. The molecule has 0 aromatic heterocycles. The number of halogens is 2. The Morgan fingerprint density at radius 2 is 1.69 bits per heavy atom. The monoisotopic (exact) mass is 509 g/mol. The normalized spacial score (nSPS) is 23.1. The number of hydrogen-bond donors (Lipinski definition) is 1. The van der Waals surface area contributed by atoms with E-state index in [4.69, 9.17) is 27.9 Å². The third-order valence-electron chi connectivity index (χ3n) is 7.43. The third kappa shape index (κ3) is 4.92. The van der Waals surface area contributed by atoms with E-state index in [1.807, 2.05) is 55.5 Å². The van der Waals surface area contributed by atoms with E-state index in [0.29, 0.717) is 34.0 Å². The highest BCUT2D eigenvalue weighted by Crippen LogP contribution is 2.47. The predicted octanol–water partition coefficient (Wildman–Crippen LogP) is 7.23. The molecular weight excluding hydrogens is 481 g/mol. The number of allylic oxidation sites excluding steroid dienone is 3. The Morgan fingerprint density at radius 1 is 0.971 bits per heavy atom. The molecule has 3 aliphatic rings. The zero-order valence-electron chi connectivity index (χ0n) is 19.8. The number of Topliss-reactive ketones (excluding diaryl/α,β-unsaturated/α-hetero) is 1. The first-order chi connectivity index (χ1) is 16.9. The van der Waals surface area contributed by atoms with E-state index in [-0.39, 0.29) is 23.8 Å². The van der Waals surface area contributed by atoms with Gasteiger partial charge in [0.15, 0.2) is 5.78 Å². The van der Waals surface area contributed by atoms with Crippen LogP contribution in [0.1, 0.15) is 74.8 Å². The van der Waals surface area contributed by atoms with E-state index in [0.717, 1.165) is 48.2 Å². The fourth-order valence-electron chi connectivity index (χ4n) is 5.70. The van der Waals surface area contributed by atoms with Gasteiger partial charge in [-0.25, -0.2) is 4.79 Å². The van der Waals surface area contributed by atoms with Gasteiger partial charge >= 0.3 is 5.97 Å². The van der Waals surface area contributed by atoms with Crippen LogP contribution in [0.15, 0.2) is 71.1 Å². The lowest BCUT2D eigenvalue weighted by molar-refractivity contribution is -0.146. The van der Waals surface area contributed by atoms with E-state index in [1.54, 1.807) is 0 Å². The minimum atomic E-state index is -0.547. The standard InChI is InChI=1S/C29H29Cl2NO3/c1-17-26(29(34)35-21-7-3-2-4-8-21)27(22-9-5-6-10-23(22)31)28-24(32-17)15-19(16-25(28)33)18-11-13-20(30)14-12-18/h5-6,9-14,19,21,27,32H,2-4,7-8,15-16H2,1H3/t19-,27-/m1/s1. The third-order valence-corrected chi connectivity index (χ3v) is 8.03. The average molecular weight is 510 g/mol. The summed E-state index contributed by atoms with van der Waals surface area (Å²) >= 11 is 12.7. The van der Waals surface area contributed by atoms with Gasteiger partial charge in [-0.15, -0.1) is 0 Å². The van der Waals surface area contributed by atoms with Gasteiger partial charge in [0, 0.05) is 39.4 Å². The first-order valence-corrected chi connectivity index (χ1v) is 13.1. The Balaban J connectivity index is 1.53. The summed E-state index contributed by atoms with van der Waals surface area (Å²) in [6, 6.07) is 15.1. The van der Waals surface area contributed by atoms with Gasteiger partial charge < -0.3 is 10.1 Å². The van der Waals surface area contributed by atoms with Gasteiger partial charge in [0.1, 0.15) is 6.10 Å². The lowest BCUT2D eigenvalue weighted by Crippen LogP contribution is -2.37. The minimum absolute atomic E-state index is 0.0269. The number of esters is 1. The van der Waals surface area contributed by atoms with Gasteiger partial charge in [0.25, 0.3) is 0 Å². The summed E-state index contributed by atoms with van der Waals surface area (Å²) < 4.78 is 5.98. The van der Waals surface area contributed by atoms with E-state index in [2.05, 4.69) is 5.32 Å². The number of ether oxygens (including phenoxy) is 1. The second kappa shape index (κ2) is 10.2. The van der Waals surface area contributed by atoms with E-state index in [9.17, 15) is 9.59 Å². The molecule has 0 unspecified atom stereocenters. The van der Waals surface area contributed by atoms with Crippen LogP contribution in [0.4, 0.5) is 0 Å². The van der Waals surface area contributed by atoms with E-state index in [1.165, 1.54) is 6.42 Å². The Labute approximate surface area is 216 Å². The predicted molar refractivity (Wildman–Crippen MR) is 138 cm³/mol. The number of carbonyl (C=O) groups is 2. The molecule has 1 aliphatic heterocycles. The molecule has 1 saturated carbocycles. The van der Waals surface area contributed by atoms with Gasteiger partial charge in [-0.2, -0.15) is 0 Å². The van der Waals surface area contributed by atoms with Crippen LogP contribution in [-0.4, -0.2) is 17.9 Å². The molecule has 0 bridgehead atoms. The molecule has 1 N–H and O–H groups in total. The molecule has 5 rings (SSSR count). The Morgan fingerprint density at radius 3 is 2.40 bits per heavy atom. The van der Waals surface area contributed by atoms with Crippen LogP contribution in [0.2, 0.25) is 10.0 Å². The summed E-state index contributed by atoms with van der Waals surface area (Å²) in [6.45, 7) is 1.89. The number of ketones is 1. The number of benzene rings is 2. The summed E-state index contributed by atoms with van der Waals surface area (Å²) in [7, 11) is 0. The number of nitrogens with one attached hydrogen (secondary N) is 1. The lowest BCUT2D eigenvalue weighted by Gasteiger charge is -2.37. The molecule has 1 fully saturated rings. The van der Waals surface area contributed by atoms with Crippen LogP contribution < -0.4 is 5.32 Å². The van der Waals surface area contributed by atoms with Crippen molar-refractivity contribution in [3.8, 4) is 0 Å². The fraction of sp³-hybridized carbons (Fsp3) is 0.379. The summed E-state index contributed by atoms with van der Waals surface area (Å²) in [4.78, 5) is 27.3. The molecule has 0 spiro atoms. The van der Waals surface area contributed by atoms with Crippen molar-refractivity contribution < 1.29 is 14.3 Å². The molecule has 6 heteroatoms. The second-order valence-corrected chi connectivity index (χ2v) is 10.6. The average Bonchev–Trinajstić information content (AvgIpc) is 2.84. The number of dihydropyridines is 1. The highest BCUT2D eigenvalue weighted by Gasteiger charge is 2.42. The molecule has 2 aromatic carbocycles. The maximum absolute atomic E-state index is 13.7. The Bertz CT molecular complexity index is 1210. The summed E-state index contributed by atoms with van der Waals surface area (Å²) in [5.41, 5.74) is 4.54. The molecular formula is C29H29Cl2NO3. The molecule has 2 atom stereocenters. The highest BCUT2D eigenvalue weighted by molar-refractivity contribution is 6.31. The molecule has 0 saturated heterocycles. The van der Waals surface area contributed by atoms with Crippen LogP contribution in [0.5, 0.6) is 0 Å². The van der Waals surface area contributed by atoms with Gasteiger partial charge in [-0.3, -0.25) is 4.79 Å². The molecule has 182 valence electrons. The van der Waals surface area contributed by atoms with Crippen LogP contribution in [0.3, 0.4) is 0 Å². The quantitative estimate of drug-likeness (QED) is 0.441. The van der Waals surface area contributed by atoms with Crippen molar-refractivity contribution >= 4 is 35.0 Å². The van der Waals surface area contributed by atoms with E-state index >= 15 is 0 Å².